The maximum Gasteiger partial charge on any atom is 0.215 e. The minimum atomic E-state index is -1.68. The Kier molecular flexibility index (Phi) is 2.67. The fourth-order valence-corrected chi connectivity index (χ4v) is 4.22. The predicted octanol–water partition coefficient (Wildman–Crippen LogP) is 3.60. The molecule has 2 nitrogen and oxygen atoms in total. The molecule has 1 aliphatic rings. The van der Waals surface area contributed by atoms with Crippen LogP contribution in [0.5, 0.6) is 0 Å². The molecule has 1 atom stereocenters. The lowest BCUT2D eigenvalue weighted by Crippen LogP contribution is -2.27. The van der Waals surface area contributed by atoms with Crippen LogP contribution >= 0.6 is 0 Å². The van der Waals surface area contributed by atoms with E-state index < -0.39 is 8.32 Å². The standard InChI is InChI=1S/C12H16O2Si/c1-4-6-10-9-12(14-15(10,2)3)11-7-5-8-13-11/h4-8,12H,1,9H2,2-3H3/b10-6-. The maximum absolute atomic E-state index is 6.09. The van der Waals surface area contributed by atoms with Gasteiger partial charge in [-0.25, -0.2) is 0 Å². The summed E-state index contributed by atoms with van der Waals surface area (Å²) < 4.78 is 11.5. The Hall–Kier alpha value is -1.06. The van der Waals surface area contributed by atoms with Gasteiger partial charge in [-0.2, -0.15) is 0 Å². The molecule has 0 spiro atoms. The van der Waals surface area contributed by atoms with E-state index in [1.807, 2.05) is 18.2 Å². The molecule has 0 amide bonds. The highest BCUT2D eigenvalue weighted by molar-refractivity contribution is 6.79. The molecule has 2 rings (SSSR count). The van der Waals surface area contributed by atoms with Gasteiger partial charge >= 0.3 is 0 Å². The van der Waals surface area contributed by atoms with Crippen molar-refractivity contribution in [2.24, 2.45) is 0 Å². The van der Waals surface area contributed by atoms with Crippen LogP contribution in [0.15, 0.2) is 46.7 Å². The van der Waals surface area contributed by atoms with Crippen molar-refractivity contribution in [3.8, 4) is 0 Å². The average molecular weight is 220 g/mol. The predicted molar refractivity (Wildman–Crippen MR) is 62.9 cm³/mol. The molecule has 2 heterocycles. The number of rotatable bonds is 2. The molecule has 0 aromatic carbocycles. The average Bonchev–Trinajstić information content (AvgIpc) is 2.75. The molecule has 1 fully saturated rings. The zero-order valence-corrected chi connectivity index (χ0v) is 10.2. The lowest BCUT2D eigenvalue weighted by molar-refractivity contribution is 0.197. The summed E-state index contributed by atoms with van der Waals surface area (Å²) in [5.41, 5.74) is 0. The van der Waals surface area contributed by atoms with Crippen LogP contribution in [0, 0.1) is 0 Å². The van der Waals surface area contributed by atoms with E-state index in [1.54, 1.807) is 6.26 Å². The Labute approximate surface area is 91.4 Å². The summed E-state index contributed by atoms with van der Waals surface area (Å²) in [4.78, 5) is 0. The van der Waals surface area contributed by atoms with Crippen molar-refractivity contribution < 1.29 is 8.84 Å². The van der Waals surface area contributed by atoms with E-state index in [2.05, 4.69) is 25.7 Å². The molecule has 1 aromatic heterocycles. The van der Waals surface area contributed by atoms with Gasteiger partial charge in [0, 0.05) is 0 Å². The summed E-state index contributed by atoms with van der Waals surface area (Å²) in [6.45, 7) is 8.17. The van der Waals surface area contributed by atoms with Crippen molar-refractivity contribution in [2.45, 2.75) is 25.6 Å². The third kappa shape index (κ3) is 1.98. The summed E-state index contributed by atoms with van der Waals surface area (Å²) in [5, 5.41) is 1.40. The van der Waals surface area contributed by atoms with Gasteiger partial charge in [0.15, 0.2) is 0 Å². The third-order valence-electron chi connectivity index (χ3n) is 2.80. The van der Waals surface area contributed by atoms with Crippen LogP contribution in [0.2, 0.25) is 13.1 Å². The second-order valence-electron chi connectivity index (χ2n) is 4.26. The van der Waals surface area contributed by atoms with E-state index in [4.69, 9.17) is 8.84 Å². The van der Waals surface area contributed by atoms with Gasteiger partial charge in [-0.05, 0) is 31.6 Å². The minimum absolute atomic E-state index is 0.105. The van der Waals surface area contributed by atoms with Crippen molar-refractivity contribution in [3.63, 3.8) is 0 Å². The minimum Gasteiger partial charge on any atom is -0.467 e. The Morgan fingerprint density at radius 3 is 2.93 bits per heavy atom. The van der Waals surface area contributed by atoms with Gasteiger partial charge in [0.2, 0.25) is 8.32 Å². The molecule has 80 valence electrons. The van der Waals surface area contributed by atoms with Crippen molar-refractivity contribution in [2.75, 3.05) is 0 Å². The highest BCUT2D eigenvalue weighted by atomic mass is 28.4. The molecule has 0 radical (unpaired) electrons. The van der Waals surface area contributed by atoms with E-state index >= 15 is 0 Å². The molecule has 0 saturated carbocycles. The second-order valence-corrected chi connectivity index (χ2v) is 8.16. The topological polar surface area (TPSA) is 22.4 Å². The van der Waals surface area contributed by atoms with Crippen LogP contribution in [-0.4, -0.2) is 8.32 Å². The first-order valence-corrected chi connectivity index (χ1v) is 8.07. The molecule has 3 heteroatoms. The molecular formula is C12H16O2Si. The Morgan fingerprint density at radius 1 is 1.53 bits per heavy atom. The fraction of sp³-hybridized carbons (Fsp3) is 0.333. The molecular weight excluding hydrogens is 204 g/mol. The maximum atomic E-state index is 6.09. The number of allylic oxidation sites excluding steroid dienone is 2. The molecule has 0 bridgehead atoms. The van der Waals surface area contributed by atoms with Crippen LogP contribution < -0.4 is 0 Å². The number of hydrogen-bond acceptors (Lipinski definition) is 2. The van der Waals surface area contributed by atoms with E-state index in [9.17, 15) is 0 Å². The van der Waals surface area contributed by atoms with E-state index in [1.165, 1.54) is 5.20 Å². The van der Waals surface area contributed by atoms with Gasteiger partial charge in [0.1, 0.15) is 11.9 Å². The fourth-order valence-electron chi connectivity index (χ4n) is 1.96. The quantitative estimate of drug-likeness (QED) is 0.711. The van der Waals surface area contributed by atoms with Crippen LogP contribution in [0.25, 0.3) is 0 Å². The lowest BCUT2D eigenvalue weighted by Gasteiger charge is -2.16. The SMILES string of the molecule is C=C/C=C1/CC(c2ccco2)O[Si]1(C)C. The number of furan rings is 1. The van der Waals surface area contributed by atoms with Gasteiger partial charge in [0.05, 0.1) is 6.26 Å². The zero-order chi connectivity index (χ0) is 10.9. The monoisotopic (exact) mass is 220 g/mol. The Bertz CT molecular complexity index is 376. The summed E-state index contributed by atoms with van der Waals surface area (Å²) >= 11 is 0. The molecule has 0 aliphatic carbocycles. The van der Waals surface area contributed by atoms with Gasteiger partial charge in [0.25, 0.3) is 0 Å². The molecule has 1 aliphatic heterocycles. The van der Waals surface area contributed by atoms with Crippen molar-refractivity contribution in [3.05, 3.63) is 48.1 Å². The molecule has 1 saturated heterocycles. The summed E-state index contributed by atoms with van der Waals surface area (Å²) in [5.74, 6) is 0.933. The van der Waals surface area contributed by atoms with Crippen molar-refractivity contribution in [1.29, 1.82) is 0 Å². The van der Waals surface area contributed by atoms with E-state index in [-0.39, 0.29) is 6.10 Å². The van der Waals surface area contributed by atoms with E-state index in [0.717, 1.165) is 12.2 Å². The smallest absolute Gasteiger partial charge is 0.215 e. The normalized spacial score (nSPS) is 27.1. The van der Waals surface area contributed by atoms with Crippen molar-refractivity contribution in [1.82, 2.24) is 0 Å². The summed E-state index contributed by atoms with van der Waals surface area (Å²) in [7, 11) is -1.68. The highest BCUT2D eigenvalue weighted by Crippen LogP contribution is 2.40. The van der Waals surface area contributed by atoms with Crippen LogP contribution in [-0.2, 0) is 4.43 Å². The van der Waals surface area contributed by atoms with Crippen molar-refractivity contribution >= 4 is 8.32 Å². The Balaban J connectivity index is 2.23. The van der Waals surface area contributed by atoms with Gasteiger partial charge in [-0.15, -0.1) is 0 Å². The Morgan fingerprint density at radius 2 is 2.33 bits per heavy atom. The van der Waals surface area contributed by atoms with Crippen LogP contribution in [0.3, 0.4) is 0 Å². The molecule has 15 heavy (non-hydrogen) atoms. The van der Waals surface area contributed by atoms with Crippen LogP contribution in [0.1, 0.15) is 18.3 Å². The van der Waals surface area contributed by atoms with Gasteiger partial charge in [-0.3, -0.25) is 0 Å². The first kappa shape index (κ1) is 10.5. The molecule has 0 N–H and O–H groups in total. The van der Waals surface area contributed by atoms with Crippen LogP contribution in [0.4, 0.5) is 0 Å². The number of hydrogen-bond donors (Lipinski definition) is 0. The largest absolute Gasteiger partial charge is 0.467 e. The lowest BCUT2D eigenvalue weighted by atomic mass is 10.2. The highest BCUT2D eigenvalue weighted by Gasteiger charge is 2.40. The zero-order valence-electron chi connectivity index (χ0n) is 9.19. The second kappa shape index (κ2) is 3.83. The third-order valence-corrected chi connectivity index (χ3v) is 5.59. The summed E-state index contributed by atoms with van der Waals surface area (Å²) in [6, 6.07) is 3.88. The molecule has 1 aromatic rings. The van der Waals surface area contributed by atoms with E-state index in [0.29, 0.717) is 0 Å². The first-order chi connectivity index (χ1) is 7.13. The van der Waals surface area contributed by atoms with Gasteiger partial charge < -0.3 is 8.84 Å². The van der Waals surface area contributed by atoms with Gasteiger partial charge in [-0.1, -0.05) is 23.9 Å². The summed E-state index contributed by atoms with van der Waals surface area (Å²) in [6.07, 6.45) is 6.68. The molecule has 1 unspecified atom stereocenters. The first-order valence-electron chi connectivity index (χ1n) is 5.17.